The van der Waals surface area contributed by atoms with Crippen LogP contribution in [0.4, 0.5) is 11.4 Å². The van der Waals surface area contributed by atoms with Crippen LogP contribution in [-0.2, 0) is 11.3 Å². The Labute approximate surface area is 135 Å². The Hall–Kier alpha value is -3.43. The van der Waals surface area contributed by atoms with Crippen LogP contribution in [0.15, 0.2) is 30.5 Å². The number of aryl methyl sites for hydroxylation is 1. The van der Waals surface area contributed by atoms with Crippen LogP contribution in [0.25, 0.3) is 0 Å². The highest BCUT2D eigenvalue weighted by molar-refractivity contribution is 6.04. The second-order valence-corrected chi connectivity index (χ2v) is 4.68. The first kappa shape index (κ1) is 16.9. The molecule has 0 radical (unpaired) electrons. The molecule has 24 heavy (non-hydrogen) atoms. The van der Waals surface area contributed by atoms with Crippen molar-refractivity contribution >= 4 is 23.3 Å². The van der Waals surface area contributed by atoms with Crippen molar-refractivity contribution in [1.82, 2.24) is 9.78 Å². The van der Waals surface area contributed by atoms with Gasteiger partial charge in [0.2, 0.25) is 0 Å². The van der Waals surface area contributed by atoms with Gasteiger partial charge >= 0.3 is 5.97 Å². The number of non-ortho nitro benzene ring substituents is 1. The molecule has 0 saturated carbocycles. The van der Waals surface area contributed by atoms with Gasteiger partial charge in [-0.05, 0) is 12.1 Å². The summed E-state index contributed by atoms with van der Waals surface area (Å²) in [6.07, 6.45) is 1.20. The number of benzene rings is 1. The fourth-order valence-electron chi connectivity index (χ4n) is 1.99. The molecule has 0 bridgehead atoms. The number of carbonyl (C=O) groups is 2. The first-order chi connectivity index (χ1) is 11.4. The summed E-state index contributed by atoms with van der Waals surface area (Å²) < 4.78 is 6.31. The fraction of sp³-hybridized carbons (Fsp3) is 0.214. The monoisotopic (exact) mass is 334 g/mol. The Kier molecular flexibility index (Phi) is 5.09. The minimum absolute atomic E-state index is 0.0441. The van der Waals surface area contributed by atoms with Crippen LogP contribution < -0.4 is 10.1 Å². The quantitative estimate of drug-likeness (QED) is 0.578. The second-order valence-electron chi connectivity index (χ2n) is 4.68. The van der Waals surface area contributed by atoms with Crippen LogP contribution in [0.1, 0.15) is 16.9 Å². The molecule has 0 aliphatic carbocycles. The van der Waals surface area contributed by atoms with Crippen molar-refractivity contribution < 1.29 is 24.4 Å². The standard InChI is InChI=1S/C14H14N4O6/c1-24-12-8-9(18(22)23)2-3-10(12)16-14(21)11-4-6-15-17(11)7-5-13(19)20/h2-4,6,8H,5,7H2,1H3,(H,16,21)(H,19,20). The summed E-state index contributed by atoms with van der Waals surface area (Å²) in [6, 6.07) is 5.22. The molecule has 0 spiro atoms. The van der Waals surface area contributed by atoms with E-state index < -0.39 is 16.8 Å². The number of carboxylic acid groups (broad SMARTS) is 1. The van der Waals surface area contributed by atoms with Gasteiger partial charge in [0.25, 0.3) is 11.6 Å². The largest absolute Gasteiger partial charge is 0.494 e. The van der Waals surface area contributed by atoms with Crippen LogP contribution in [0, 0.1) is 10.1 Å². The highest BCUT2D eigenvalue weighted by atomic mass is 16.6. The number of amides is 1. The third-order valence-corrected chi connectivity index (χ3v) is 3.13. The number of hydrogen-bond donors (Lipinski definition) is 2. The third kappa shape index (κ3) is 3.85. The van der Waals surface area contributed by atoms with Gasteiger partial charge in [0.1, 0.15) is 11.4 Å². The number of nitrogens with zero attached hydrogens (tertiary/aromatic N) is 3. The van der Waals surface area contributed by atoms with Crippen molar-refractivity contribution in [2.75, 3.05) is 12.4 Å². The lowest BCUT2D eigenvalue weighted by Crippen LogP contribution is -2.19. The van der Waals surface area contributed by atoms with Gasteiger partial charge in [-0.1, -0.05) is 0 Å². The predicted octanol–water partition coefficient (Wildman–Crippen LogP) is 1.53. The molecule has 0 saturated heterocycles. The molecule has 1 aromatic carbocycles. The van der Waals surface area contributed by atoms with Gasteiger partial charge < -0.3 is 15.2 Å². The summed E-state index contributed by atoms with van der Waals surface area (Å²) >= 11 is 0. The number of nitro benzene ring substituents is 1. The number of carbonyl (C=O) groups excluding carboxylic acids is 1. The lowest BCUT2D eigenvalue weighted by molar-refractivity contribution is -0.384. The van der Waals surface area contributed by atoms with E-state index in [0.717, 1.165) is 0 Å². The molecule has 0 aliphatic rings. The zero-order valence-corrected chi connectivity index (χ0v) is 12.6. The minimum atomic E-state index is -1.01. The van der Waals surface area contributed by atoms with Gasteiger partial charge in [-0.2, -0.15) is 5.10 Å². The van der Waals surface area contributed by atoms with Crippen molar-refractivity contribution in [3.8, 4) is 5.75 Å². The number of carboxylic acids is 1. The molecule has 0 atom stereocenters. The van der Waals surface area contributed by atoms with Crippen molar-refractivity contribution in [3.05, 3.63) is 46.3 Å². The molecule has 0 unspecified atom stereocenters. The molecule has 10 heteroatoms. The van der Waals surface area contributed by atoms with Crippen molar-refractivity contribution in [2.24, 2.45) is 0 Å². The van der Waals surface area contributed by atoms with E-state index in [0.29, 0.717) is 0 Å². The molecule has 2 aromatic rings. The van der Waals surface area contributed by atoms with E-state index in [1.54, 1.807) is 0 Å². The number of methoxy groups -OCH3 is 1. The van der Waals surface area contributed by atoms with E-state index in [-0.39, 0.29) is 35.8 Å². The smallest absolute Gasteiger partial charge is 0.305 e. The predicted molar refractivity (Wildman–Crippen MR) is 82.1 cm³/mol. The Morgan fingerprint density at radius 2 is 2.17 bits per heavy atom. The zero-order chi connectivity index (χ0) is 17.7. The Morgan fingerprint density at radius 3 is 2.79 bits per heavy atom. The van der Waals surface area contributed by atoms with Crippen molar-refractivity contribution in [1.29, 1.82) is 0 Å². The molecule has 0 aliphatic heterocycles. The summed E-state index contributed by atoms with van der Waals surface area (Å²) in [5, 5.41) is 25.9. The SMILES string of the molecule is COc1cc([N+](=O)[O-])ccc1NC(=O)c1ccnn1CCC(=O)O. The van der Waals surface area contributed by atoms with Crippen LogP contribution in [0.5, 0.6) is 5.75 Å². The molecule has 1 amide bonds. The Morgan fingerprint density at radius 1 is 1.42 bits per heavy atom. The lowest BCUT2D eigenvalue weighted by atomic mass is 10.2. The molecular weight excluding hydrogens is 320 g/mol. The van der Waals surface area contributed by atoms with Gasteiger partial charge in [0.05, 0.1) is 36.8 Å². The van der Waals surface area contributed by atoms with Crippen LogP contribution in [0.2, 0.25) is 0 Å². The summed E-state index contributed by atoms with van der Waals surface area (Å²) in [7, 11) is 1.33. The maximum absolute atomic E-state index is 12.3. The van der Waals surface area contributed by atoms with Crippen molar-refractivity contribution in [2.45, 2.75) is 13.0 Å². The van der Waals surface area contributed by atoms with E-state index in [4.69, 9.17) is 9.84 Å². The average molecular weight is 334 g/mol. The van der Waals surface area contributed by atoms with Gasteiger partial charge in [0, 0.05) is 12.3 Å². The first-order valence-corrected chi connectivity index (χ1v) is 6.79. The first-order valence-electron chi connectivity index (χ1n) is 6.79. The maximum atomic E-state index is 12.3. The van der Waals surface area contributed by atoms with E-state index in [9.17, 15) is 19.7 Å². The van der Waals surface area contributed by atoms with E-state index >= 15 is 0 Å². The summed E-state index contributed by atoms with van der Waals surface area (Å²) in [5.41, 5.74) is 0.243. The number of ether oxygens (including phenoxy) is 1. The average Bonchev–Trinajstić information content (AvgIpc) is 3.01. The van der Waals surface area contributed by atoms with Gasteiger partial charge in [-0.25, -0.2) is 0 Å². The summed E-state index contributed by atoms with van der Waals surface area (Å²) in [5.74, 6) is -1.41. The van der Waals surface area contributed by atoms with E-state index in [2.05, 4.69) is 10.4 Å². The minimum Gasteiger partial charge on any atom is -0.494 e. The normalized spacial score (nSPS) is 10.2. The number of nitro groups is 1. The Bertz CT molecular complexity index is 785. The Balaban J connectivity index is 2.20. The van der Waals surface area contributed by atoms with E-state index in [1.165, 1.54) is 42.3 Å². The number of aromatic nitrogens is 2. The molecule has 1 aromatic heterocycles. The second kappa shape index (κ2) is 7.22. The zero-order valence-electron chi connectivity index (χ0n) is 12.6. The summed E-state index contributed by atoms with van der Waals surface area (Å²) in [4.78, 5) is 33.1. The molecule has 2 N–H and O–H groups in total. The number of nitrogens with one attached hydrogen (secondary N) is 1. The highest BCUT2D eigenvalue weighted by Crippen LogP contribution is 2.29. The maximum Gasteiger partial charge on any atom is 0.305 e. The van der Waals surface area contributed by atoms with Crippen LogP contribution >= 0.6 is 0 Å². The number of aliphatic carboxylic acids is 1. The molecule has 0 fully saturated rings. The number of anilines is 1. The topological polar surface area (TPSA) is 137 Å². The molecule has 10 nitrogen and oxygen atoms in total. The van der Waals surface area contributed by atoms with E-state index in [1.807, 2.05) is 0 Å². The number of rotatable bonds is 7. The number of hydrogen-bond acceptors (Lipinski definition) is 6. The highest BCUT2D eigenvalue weighted by Gasteiger charge is 2.17. The third-order valence-electron chi connectivity index (χ3n) is 3.13. The van der Waals surface area contributed by atoms with Crippen LogP contribution in [-0.4, -0.2) is 38.8 Å². The molecular formula is C14H14N4O6. The molecule has 126 valence electrons. The fourth-order valence-corrected chi connectivity index (χ4v) is 1.99. The molecule has 1 heterocycles. The lowest BCUT2D eigenvalue weighted by Gasteiger charge is -2.11. The van der Waals surface area contributed by atoms with Crippen molar-refractivity contribution in [3.63, 3.8) is 0 Å². The molecule has 2 rings (SSSR count). The summed E-state index contributed by atoms with van der Waals surface area (Å²) in [6.45, 7) is 0.0441. The van der Waals surface area contributed by atoms with Gasteiger partial charge in [0.15, 0.2) is 0 Å². The van der Waals surface area contributed by atoms with Gasteiger partial charge in [-0.3, -0.25) is 24.4 Å². The van der Waals surface area contributed by atoms with Gasteiger partial charge in [-0.15, -0.1) is 0 Å². The van der Waals surface area contributed by atoms with Crippen LogP contribution in [0.3, 0.4) is 0 Å².